The van der Waals surface area contributed by atoms with Crippen molar-refractivity contribution < 1.29 is 17.9 Å². The number of hydrogen-bond acceptors (Lipinski definition) is 5. The summed E-state index contributed by atoms with van der Waals surface area (Å²) in [6, 6.07) is 9.81. The average Bonchev–Trinajstić information content (AvgIpc) is 2.74. The number of sulfonamides is 1. The van der Waals surface area contributed by atoms with Crippen LogP contribution in [-0.2, 0) is 10.0 Å². The van der Waals surface area contributed by atoms with Gasteiger partial charge in [-0.1, -0.05) is 0 Å². The summed E-state index contributed by atoms with van der Waals surface area (Å²) in [5.74, 6) is 0.494. The van der Waals surface area contributed by atoms with Crippen molar-refractivity contribution in [2.24, 2.45) is 0 Å². The Hall–Kier alpha value is -2.65. The first kappa shape index (κ1) is 20.1. The summed E-state index contributed by atoms with van der Waals surface area (Å²) in [6.07, 6.45) is 1.52. The van der Waals surface area contributed by atoms with Gasteiger partial charge in [-0.25, -0.2) is 8.42 Å². The molecule has 2 heterocycles. The molecule has 0 N–H and O–H groups in total. The van der Waals surface area contributed by atoms with Crippen LogP contribution in [0.15, 0.2) is 47.4 Å². The van der Waals surface area contributed by atoms with E-state index in [4.69, 9.17) is 4.74 Å². The molecule has 0 saturated carbocycles. The first-order valence-corrected chi connectivity index (χ1v) is 10.6. The Morgan fingerprint density at radius 2 is 1.68 bits per heavy atom. The molecule has 28 heavy (non-hydrogen) atoms. The van der Waals surface area contributed by atoms with Crippen molar-refractivity contribution in [3.8, 4) is 11.4 Å². The predicted molar refractivity (Wildman–Crippen MR) is 106 cm³/mol. The van der Waals surface area contributed by atoms with E-state index in [1.165, 1.54) is 27.2 Å². The number of benzene rings is 1. The van der Waals surface area contributed by atoms with Gasteiger partial charge in [0.2, 0.25) is 10.0 Å². The van der Waals surface area contributed by atoms with Crippen LogP contribution in [-0.4, -0.2) is 67.1 Å². The highest BCUT2D eigenvalue weighted by atomic mass is 32.2. The summed E-state index contributed by atoms with van der Waals surface area (Å²) >= 11 is 0. The lowest BCUT2D eigenvalue weighted by molar-refractivity contribution is 0.0697. The van der Waals surface area contributed by atoms with Gasteiger partial charge in [0.25, 0.3) is 11.5 Å². The van der Waals surface area contributed by atoms with Crippen LogP contribution in [0.3, 0.4) is 0 Å². The third-order valence-electron chi connectivity index (χ3n) is 4.79. The van der Waals surface area contributed by atoms with E-state index in [9.17, 15) is 18.0 Å². The fourth-order valence-corrected chi connectivity index (χ4v) is 4.18. The number of pyridine rings is 1. The number of hydrogen-bond donors (Lipinski definition) is 0. The van der Waals surface area contributed by atoms with Crippen molar-refractivity contribution in [1.82, 2.24) is 13.8 Å². The number of methoxy groups -OCH3 is 1. The van der Waals surface area contributed by atoms with E-state index in [1.807, 2.05) is 0 Å². The van der Waals surface area contributed by atoms with Crippen LogP contribution >= 0.6 is 0 Å². The van der Waals surface area contributed by atoms with Gasteiger partial charge in [0.1, 0.15) is 5.75 Å². The second kappa shape index (κ2) is 8.15. The smallest absolute Gasteiger partial charge is 0.255 e. The van der Waals surface area contributed by atoms with Crippen LogP contribution < -0.4 is 10.3 Å². The first-order valence-electron chi connectivity index (χ1n) is 9.00. The molecule has 1 aromatic heterocycles. The minimum Gasteiger partial charge on any atom is -0.497 e. The van der Waals surface area contributed by atoms with Crippen molar-refractivity contribution in [2.45, 2.75) is 6.92 Å². The Morgan fingerprint density at radius 1 is 1.04 bits per heavy atom. The molecule has 0 aliphatic carbocycles. The zero-order chi connectivity index (χ0) is 20.3. The number of rotatable bonds is 5. The summed E-state index contributed by atoms with van der Waals surface area (Å²) in [6.45, 7) is 2.80. The van der Waals surface area contributed by atoms with Gasteiger partial charge in [-0.05, 0) is 37.3 Å². The number of carbonyl (C=O) groups is 1. The lowest BCUT2D eigenvalue weighted by atomic mass is 10.2. The molecule has 9 heteroatoms. The number of piperazine rings is 1. The summed E-state index contributed by atoms with van der Waals surface area (Å²) in [4.78, 5) is 26.7. The third-order valence-corrected chi connectivity index (χ3v) is 6.67. The fraction of sp³-hybridized carbons (Fsp3) is 0.368. The molecule has 150 valence electrons. The third kappa shape index (κ3) is 4.10. The standard InChI is InChI=1S/C19H23N3O5S/c1-3-28(25,26)21-12-10-20(11-13-21)19(24)15-4-9-18(23)22(14-15)16-5-7-17(27-2)8-6-16/h4-9,14H,3,10-13H2,1-2H3. The van der Waals surface area contributed by atoms with Gasteiger partial charge >= 0.3 is 0 Å². The predicted octanol–water partition coefficient (Wildman–Crippen LogP) is 0.954. The van der Waals surface area contributed by atoms with Gasteiger partial charge in [-0.3, -0.25) is 14.2 Å². The highest BCUT2D eigenvalue weighted by Crippen LogP contribution is 2.15. The Balaban J connectivity index is 1.79. The van der Waals surface area contributed by atoms with E-state index in [1.54, 1.807) is 43.2 Å². The Bertz CT molecular complexity index is 1010. The Labute approximate surface area is 164 Å². The highest BCUT2D eigenvalue weighted by Gasteiger charge is 2.28. The van der Waals surface area contributed by atoms with Crippen LogP contribution in [0.25, 0.3) is 5.69 Å². The van der Waals surface area contributed by atoms with E-state index in [-0.39, 0.29) is 30.3 Å². The van der Waals surface area contributed by atoms with Gasteiger partial charge in [0.15, 0.2) is 0 Å². The van der Waals surface area contributed by atoms with Gasteiger partial charge in [0.05, 0.1) is 18.4 Å². The molecular weight excluding hydrogens is 382 g/mol. The van der Waals surface area contributed by atoms with Crippen molar-refractivity contribution in [3.63, 3.8) is 0 Å². The molecular formula is C19H23N3O5S. The van der Waals surface area contributed by atoms with E-state index in [0.717, 1.165) is 0 Å². The number of nitrogens with zero attached hydrogens (tertiary/aromatic N) is 3. The molecule has 0 spiro atoms. The van der Waals surface area contributed by atoms with E-state index in [0.29, 0.717) is 30.1 Å². The maximum atomic E-state index is 12.8. The van der Waals surface area contributed by atoms with Gasteiger partial charge < -0.3 is 9.64 Å². The lowest BCUT2D eigenvalue weighted by Gasteiger charge is -2.33. The average molecular weight is 405 g/mol. The lowest BCUT2D eigenvalue weighted by Crippen LogP contribution is -2.51. The SMILES string of the molecule is CCS(=O)(=O)N1CCN(C(=O)c2ccc(=O)n(-c3ccc(OC)cc3)c2)CC1. The minimum atomic E-state index is -3.25. The van der Waals surface area contributed by atoms with Crippen LogP contribution in [0.2, 0.25) is 0 Å². The van der Waals surface area contributed by atoms with Crippen molar-refractivity contribution in [1.29, 1.82) is 0 Å². The normalized spacial score (nSPS) is 15.4. The molecule has 1 saturated heterocycles. The Morgan fingerprint density at radius 3 is 2.25 bits per heavy atom. The largest absolute Gasteiger partial charge is 0.497 e. The highest BCUT2D eigenvalue weighted by molar-refractivity contribution is 7.89. The fourth-order valence-electron chi connectivity index (χ4n) is 3.09. The molecule has 0 unspecified atom stereocenters. The van der Waals surface area contributed by atoms with Crippen molar-refractivity contribution >= 4 is 15.9 Å². The summed E-state index contributed by atoms with van der Waals surface area (Å²) in [5.41, 5.74) is 0.752. The number of carbonyl (C=O) groups excluding carboxylic acids is 1. The second-order valence-corrected chi connectivity index (χ2v) is 8.67. The van der Waals surface area contributed by atoms with Crippen LogP contribution in [0, 0.1) is 0 Å². The molecule has 0 bridgehead atoms. The molecule has 0 atom stereocenters. The number of ether oxygens (including phenoxy) is 1. The quantitative estimate of drug-likeness (QED) is 0.739. The molecule has 0 radical (unpaired) electrons. The summed E-state index contributed by atoms with van der Waals surface area (Å²) < 4.78 is 31.9. The zero-order valence-corrected chi connectivity index (χ0v) is 16.7. The second-order valence-electron chi connectivity index (χ2n) is 6.42. The van der Waals surface area contributed by atoms with Crippen LogP contribution in [0.1, 0.15) is 17.3 Å². The Kier molecular flexibility index (Phi) is 5.85. The molecule has 3 rings (SSSR count). The van der Waals surface area contributed by atoms with Crippen molar-refractivity contribution in [2.75, 3.05) is 39.0 Å². The maximum Gasteiger partial charge on any atom is 0.255 e. The number of amides is 1. The van der Waals surface area contributed by atoms with E-state index >= 15 is 0 Å². The van der Waals surface area contributed by atoms with Crippen molar-refractivity contribution in [3.05, 3.63) is 58.5 Å². The molecule has 2 aromatic rings. The van der Waals surface area contributed by atoms with E-state index < -0.39 is 10.0 Å². The molecule has 1 amide bonds. The monoisotopic (exact) mass is 405 g/mol. The molecule has 1 aromatic carbocycles. The van der Waals surface area contributed by atoms with Crippen LogP contribution in [0.4, 0.5) is 0 Å². The zero-order valence-electron chi connectivity index (χ0n) is 15.9. The van der Waals surface area contributed by atoms with Crippen LogP contribution in [0.5, 0.6) is 5.75 Å². The molecule has 1 aliphatic heterocycles. The minimum absolute atomic E-state index is 0.0494. The molecule has 1 aliphatic rings. The topological polar surface area (TPSA) is 88.9 Å². The number of aromatic nitrogens is 1. The molecule has 8 nitrogen and oxygen atoms in total. The first-order chi connectivity index (χ1) is 13.4. The van der Waals surface area contributed by atoms with Gasteiger partial charge in [0, 0.05) is 44.1 Å². The van der Waals surface area contributed by atoms with Gasteiger partial charge in [-0.15, -0.1) is 0 Å². The maximum absolute atomic E-state index is 12.8. The van der Waals surface area contributed by atoms with E-state index in [2.05, 4.69) is 0 Å². The van der Waals surface area contributed by atoms with Gasteiger partial charge in [-0.2, -0.15) is 4.31 Å². The molecule has 1 fully saturated rings. The summed E-state index contributed by atoms with van der Waals surface area (Å²) in [5, 5.41) is 0. The summed E-state index contributed by atoms with van der Waals surface area (Å²) in [7, 11) is -1.69.